The molecule has 0 spiro atoms. The van der Waals surface area contributed by atoms with E-state index in [0.717, 1.165) is 36.9 Å². The van der Waals surface area contributed by atoms with Crippen molar-refractivity contribution in [2.24, 2.45) is 0 Å². The summed E-state index contributed by atoms with van der Waals surface area (Å²) in [7, 11) is -3.61. The van der Waals surface area contributed by atoms with Gasteiger partial charge in [-0.1, -0.05) is 13.3 Å². The first-order valence-corrected chi connectivity index (χ1v) is 13.1. The lowest BCUT2D eigenvalue weighted by atomic mass is 9.88. The molecule has 2 N–H and O–H groups in total. The highest BCUT2D eigenvalue weighted by Crippen LogP contribution is 2.40. The van der Waals surface area contributed by atoms with Gasteiger partial charge in [0.1, 0.15) is 5.58 Å². The van der Waals surface area contributed by atoms with Crippen LogP contribution >= 0.6 is 0 Å². The minimum absolute atomic E-state index is 0.121. The van der Waals surface area contributed by atoms with Gasteiger partial charge >= 0.3 is 0 Å². The molecule has 1 fully saturated rings. The minimum Gasteiger partial charge on any atom is -0.441 e. The Labute approximate surface area is 187 Å². The minimum atomic E-state index is -3.61. The number of furan rings is 1. The number of piperidine rings is 1. The third-order valence-corrected chi connectivity index (χ3v) is 8.84. The lowest BCUT2D eigenvalue weighted by molar-refractivity contribution is 0.155. The Balaban J connectivity index is 1.94. The van der Waals surface area contributed by atoms with Crippen LogP contribution in [0.5, 0.6) is 0 Å². The number of rotatable bonds is 8. The Hall–Kier alpha value is -1.57. The van der Waals surface area contributed by atoms with Gasteiger partial charge in [-0.3, -0.25) is 0 Å². The first-order chi connectivity index (χ1) is 14.6. The zero-order valence-electron chi connectivity index (χ0n) is 19.9. The first-order valence-electron chi connectivity index (χ1n) is 11.7. The summed E-state index contributed by atoms with van der Waals surface area (Å²) in [6.07, 6.45) is 4.42. The molecule has 1 atom stereocenters. The zero-order valence-corrected chi connectivity index (χ0v) is 20.7. The number of anilines is 1. The fourth-order valence-electron chi connectivity index (χ4n) is 5.20. The summed E-state index contributed by atoms with van der Waals surface area (Å²) in [5, 5.41) is 0.839. The third-order valence-electron chi connectivity index (χ3n) is 6.59. The second-order valence-corrected chi connectivity index (χ2v) is 11.4. The maximum atomic E-state index is 13.4. The molecule has 31 heavy (non-hydrogen) atoms. The van der Waals surface area contributed by atoms with Crippen LogP contribution in [0.2, 0.25) is 0 Å². The van der Waals surface area contributed by atoms with Crippen LogP contribution in [-0.4, -0.2) is 48.8 Å². The highest BCUT2D eigenvalue weighted by Gasteiger charge is 2.32. The Morgan fingerprint density at radius 2 is 1.74 bits per heavy atom. The SMILES string of the molecule is CCCC(C)N1CCC(c2c(N)oc3ccc(S(=O)(=O)N(C(C)C)C(C)C)cc23)CC1. The van der Waals surface area contributed by atoms with Crippen molar-refractivity contribution in [1.29, 1.82) is 0 Å². The maximum absolute atomic E-state index is 13.4. The third kappa shape index (κ3) is 4.78. The van der Waals surface area contributed by atoms with E-state index < -0.39 is 10.0 Å². The van der Waals surface area contributed by atoms with Crippen molar-refractivity contribution in [3.05, 3.63) is 23.8 Å². The number of fused-ring (bicyclic) bond motifs is 1. The van der Waals surface area contributed by atoms with E-state index in [1.165, 1.54) is 12.8 Å². The number of nitrogens with two attached hydrogens (primary N) is 1. The molecule has 0 amide bonds. The fraction of sp³-hybridized carbons (Fsp3) is 0.667. The van der Waals surface area contributed by atoms with E-state index >= 15 is 0 Å². The molecule has 2 heterocycles. The molecule has 1 aliphatic heterocycles. The Bertz CT molecular complexity index is 981. The predicted octanol–water partition coefficient (Wildman–Crippen LogP) is 5.19. The lowest BCUT2D eigenvalue weighted by Gasteiger charge is -2.36. The quantitative estimate of drug-likeness (QED) is 0.600. The summed E-state index contributed by atoms with van der Waals surface area (Å²) in [6, 6.07) is 5.51. The predicted molar refractivity (Wildman–Crippen MR) is 128 cm³/mol. The van der Waals surface area contributed by atoms with Crippen molar-refractivity contribution in [2.45, 2.75) is 96.2 Å². The van der Waals surface area contributed by atoms with Gasteiger partial charge in [0.2, 0.25) is 10.0 Å². The van der Waals surface area contributed by atoms with Crippen molar-refractivity contribution < 1.29 is 12.8 Å². The van der Waals surface area contributed by atoms with Crippen LogP contribution in [0.25, 0.3) is 11.0 Å². The van der Waals surface area contributed by atoms with Gasteiger partial charge in [-0.2, -0.15) is 4.31 Å². The molecular formula is C24H39N3O3S. The Morgan fingerprint density at radius 1 is 1.13 bits per heavy atom. The molecular weight excluding hydrogens is 410 g/mol. The molecule has 1 aliphatic rings. The van der Waals surface area contributed by atoms with E-state index in [1.807, 2.05) is 27.7 Å². The second-order valence-electron chi connectivity index (χ2n) is 9.51. The summed E-state index contributed by atoms with van der Waals surface area (Å²) in [5.41, 5.74) is 7.94. The molecule has 1 aromatic heterocycles. The van der Waals surface area contributed by atoms with E-state index in [0.29, 0.717) is 22.4 Å². The molecule has 1 aromatic carbocycles. The van der Waals surface area contributed by atoms with Crippen LogP contribution in [0.1, 0.15) is 78.7 Å². The average molecular weight is 450 g/mol. The fourth-order valence-corrected chi connectivity index (χ4v) is 7.06. The highest BCUT2D eigenvalue weighted by atomic mass is 32.2. The number of benzene rings is 1. The second kappa shape index (κ2) is 9.51. The number of hydrogen-bond acceptors (Lipinski definition) is 5. The molecule has 2 aromatic rings. The van der Waals surface area contributed by atoms with Crippen molar-refractivity contribution in [1.82, 2.24) is 9.21 Å². The molecule has 174 valence electrons. The molecule has 1 saturated heterocycles. The van der Waals surface area contributed by atoms with Crippen LogP contribution in [0, 0.1) is 0 Å². The summed E-state index contributed by atoms with van der Waals surface area (Å²) >= 11 is 0. The van der Waals surface area contributed by atoms with Crippen LogP contribution < -0.4 is 5.73 Å². The summed E-state index contributed by atoms with van der Waals surface area (Å²) in [5.74, 6) is 0.713. The molecule has 6 nitrogen and oxygen atoms in total. The van der Waals surface area contributed by atoms with Crippen molar-refractivity contribution in [3.8, 4) is 0 Å². The Kier molecular flexibility index (Phi) is 7.39. The lowest BCUT2D eigenvalue weighted by Crippen LogP contribution is -2.41. The number of likely N-dealkylation sites (tertiary alicyclic amines) is 1. The van der Waals surface area contributed by atoms with Gasteiger partial charge in [-0.15, -0.1) is 0 Å². The van der Waals surface area contributed by atoms with Crippen molar-refractivity contribution in [2.75, 3.05) is 18.8 Å². The Morgan fingerprint density at radius 3 is 2.29 bits per heavy atom. The van der Waals surface area contributed by atoms with Crippen LogP contribution in [0.3, 0.4) is 0 Å². The number of nitrogens with zero attached hydrogens (tertiary/aromatic N) is 2. The van der Waals surface area contributed by atoms with Crippen molar-refractivity contribution in [3.63, 3.8) is 0 Å². The van der Waals surface area contributed by atoms with Gasteiger partial charge < -0.3 is 15.1 Å². The van der Waals surface area contributed by atoms with Crippen LogP contribution in [-0.2, 0) is 10.0 Å². The molecule has 0 saturated carbocycles. The van der Waals surface area contributed by atoms with E-state index in [4.69, 9.17) is 10.2 Å². The van der Waals surface area contributed by atoms with E-state index in [-0.39, 0.29) is 18.0 Å². The van der Waals surface area contributed by atoms with Crippen LogP contribution in [0.4, 0.5) is 5.88 Å². The zero-order chi connectivity index (χ0) is 22.9. The van der Waals surface area contributed by atoms with Gasteiger partial charge in [0.15, 0.2) is 5.88 Å². The van der Waals surface area contributed by atoms with E-state index in [1.54, 1.807) is 22.5 Å². The monoisotopic (exact) mass is 449 g/mol. The summed E-state index contributed by atoms with van der Waals surface area (Å²) < 4.78 is 34.2. The van der Waals surface area contributed by atoms with Gasteiger partial charge in [0.05, 0.1) is 4.90 Å². The van der Waals surface area contributed by atoms with Gasteiger partial charge in [-0.25, -0.2) is 8.42 Å². The first kappa shape index (κ1) is 24.1. The van der Waals surface area contributed by atoms with Gasteiger partial charge in [-0.05, 0) is 91.1 Å². The van der Waals surface area contributed by atoms with E-state index in [9.17, 15) is 8.42 Å². The molecule has 3 rings (SSSR count). The molecule has 0 bridgehead atoms. The average Bonchev–Trinajstić information content (AvgIpc) is 3.02. The summed E-state index contributed by atoms with van der Waals surface area (Å²) in [6.45, 7) is 14.2. The largest absolute Gasteiger partial charge is 0.441 e. The highest BCUT2D eigenvalue weighted by molar-refractivity contribution is 7.89. The molecule has 0 radical (unpaired) electrons. The maximum Gasteiger partial charge on any atom is 0.243 e. The number of sulfonamides is 1. The smallest absolute Gasteiger partial charge is 0.243 e. The number of hydrogen-bond donors (Lipinski definition) is 1. The standard InChI is InChI=1S/C24H39N3O3S/c1-7-8-18(6)26-13-11-19(12-14-26)23-21-15-20(9-10-22(21)30-24(23)25)31(28,29)27(16(2)3)17(4)5/h9-10,15-19H,7-8,11-14,25H2,1-6H3. The van der Waals surface area contributed by atoms with Gasteiger partial charge in [0, 0.05) is 29.1 Å². The molecule has 1 unspecified atom stereocenters. The normalized spacial score (nSPS) is 18.0. The van der Waals surface area contributed by atoms with Gasteiger partial charge in [0.25, 0.3) is 0 Å². The topological polar surface area (TPSA) is 79.8 Å². The van der Waals surface area contributed by atoms with E-state index in [2.05, 4.69) is 18.7 Å². The van der Waals surface area contributed by atoms with Crippen LogP contribution in [0.15, 0.2) is 27.5 Å². The van der Waals surface area contributed by atoms with Crippen molar-refractivity contribution >= 4 is 26.9 Å². The molecule has 0 aliphatic carbocycles. The summed E-state index contributed by atoms with van der Waals surface area (Å²) in [4.78, 5) is 2.86. The molecule has 7 heteroatoms. The number of nitrogen functional groups attached to an aromatic ring is 1.